The van der Waals surface area contributed by atoms with Gasteiger partial charge in [-0.3, -0.25) is 9.10 Å². The molecule has 25 heavy (non-hydrogen) atoms. The standard InChI is InChI=1S/C17H25ClN2O4S/c1-12-6-5-9-19(11-12)17(21)13(2)20(25(4,22)23)14-7-8-16(24-3)15(18)10-14/h7-8,10,12-13H,5-6,9,11H2,1-4H3. The first-order valence-electron chi connectivity index (χ1n) is 8.27. The van der Waals surface area contributed by atoms with Crippen LogP contribution in [-0.2, 0) is 14.8 Å². The van der Waals surface area contributed by atoms with E-state index in [1.165, 1.54) is 13.2 Å². The second kappa shape index (κ2) is 7.83. The Morgan fingerprint density at radius 1 is 1.44 bits per heavy atom. The number of halogens is 1. The molecule has 1 heterocycles. The molecule has 2 unspecified atom stereocenters. The quantitative estimate of drug-likeness (QED) is 0.777. The van der Waals surface area contributed by atoms with Crippen LogP contribution >= 0.6 is 11.6 Å². The van der Waals surface area contributed by atoms with Crippen LogP contribution in [0.2, 0.25) is 5.02 Å². The van der Waals surface area contributed by atoms with Gasteiger partial charge in [0.25, 0.3) is 0 Å². The first-order chi connectivity index (χ1) is 11.6. The first kappa shape index (κ1) is 19.8. The molecule has 140 valence electrons. The van der Waals surface area contributed by atoms with Gasteiger partial charge in [-0.05, 0) is 43.9 Å². The molecule has 1 aromatic rings. The number of rotatable bonds is 5. The molecular weight excluding hydrogens is 364 g/mol. The number of piperidine rings is 1. The molecule has 1 amide bonds. The van der Waals surface area contributed by atoms with Crippen LogP contribution in [0.15, 0.2) is 18.2 Å². The van der Waals surface area contributed by atoms with Gasteiger partial charge in [-0.15, -0.1) is 0 Å². The maximum absolute atomic E-state index is 12.9. The van der Waals surface area contributed by atoms with E-state index >= 15 is 0 Å². The van der Waals surface area contributed by atoms with Gasteiger partial charge in [0.05, 0.1) is 24.1 Å². The Kier molecular flexibility index (Phi) is 6.21. The summed E-state index contributed by atoms with van der Waals surface area (Å²) in [4.78, 5) is 14.6. The number of carbonyl (C=O) groups is 1. The van der Waals surface area contributed by atoms with Crippen molar-refractivity contribution in [3.8, 4) is 5.75 Å². The van der Waals surface area contributed by atoms with E-state index in [2.05, 4.69) is 6.92 Å². The van der Waals surface area contributed by atoms with Gasteiger partial charge in [0.15, 0.2) is 0 Å². The van der Waals surface area contributed by atoms with Crippen LogP contribution in [0.5, 0.6) is 5.75 Å². The number of anilines is 1. The van der Waals surface area contributed by atoms with Gasteiger partial charge in [-0.2, -0.15) is 0 Å². The molecule has 1 fully saturated rings. The number of ether oxygens (including phenoxy) is 1. The summed E-state index contributed by atoms with van der Waals surface area (Å²) in [7, 11) is -2.18. The number of likely N-dealkylation sites (tertiary alicyclic amines) is 1. The third-order valence-corrected chi connectivity index (χ3v) is 5.96. The smallest absolute Gasteiger partial charge is 0.246 e. The molecule has 1 aliphatic rings. The zero-order valence-corrected chi connectivity index (χ0v) is 16.6. The summed E-state index contributed by atoms with van der Waals surface area (Å²) in [5.41, 5.74) is 0.346. The van der Waals surface area contributed by atoms with Crippen molar-refractivity contribution >= 4 is 33.2 Å². The van der Waals surface area contributed by atoms with Gasteiger partial charge in [0.2, 0.25) is 15.9 Å². The summed E-state index contributed by atoms with van der Waals surface area (Å²) in [5.74, 6) is 0.679. The molecule has 0 spiro atoms. The normalized spacial score (nSPS) is 19.4. The molecule has 0 radical (unpaired) electrons. The summed E-state index contributed by atoms with van der Waals surface area (Å²) < 4.78 is 31.0. The second-order valence-electron chi connectivity index (χ2n) is 6.59. The number of benzene rings is 1. The molecule has 0 aliphatic carbocycles. The molecule has 1 aromatic carbocycles. The fraction of sp³-hybridized carbons (Fsp3) is 0.588. The molecule has 0 N–H and O–H groups in total. The Morgan fingerprint density at radius 3 is 2.64 bits per heavy atom. The van der Waals surface area contributed by atoms with Crippen LogP contribution in [0.1, 0.15) is 26.7 Å². The third kappa shape index (κ3) is 4.58. The van der Waals surface area contributed by atoms with E-state index in [1.807, 2.05) is 0 Å². The summed E-state index contributed by atoms with van der Waals surface area (Å²) in [6.07, 6.45) is 3.11. The lowest BCUT2D eigenvalue weighted by Crippen LogP contribution is -2.51. The zero-order valence-electron chi connectivity index (χ0n) is 15.0. The van der Waals surface area contributed by atoms with E-state index in [-0.39, 0.29) is 5.91 Å². The zero-order chi connectivity index (χ0) is 18.8. The summed E-state index contributed by atoms with van der Waals surface area (Å²) >= 11 is 6.13. The maximum Gasteiger partial charge on any atom is 0.246 e. The maximum atomic E-state index is 12.9. The number of sulfonamides is 1. The predicted molar refractivity (Wildman–Crippen MR) is 99.8 cm³/mol. The Hall–Kier alpha value is -1.47. The highest BCUT2D eigenvalue weighted by Gasteiger charge is 2.33. The molecule has 0 aromatic heterocycles. The fourth-order valence-electron chi connectivity index (χ4n) is 3.25. The van der Waals surface area contributed by atoms with Gasteiger partial charge in [-0.25, -0.2) is 8.42 Å². The lowest BCUT2D eigenvalue weighted by atomic mass is 10.00. The second-order valence-corrected chi connectivity index (χ2v) is 8.85. The highest BCUT2D eigenvalue weighted by molar-refractivity contribution is 7.92. The average molecular weight is 389 g/mol. The minimum Gasteiger partial charge on any atom is -0.495 e. The van der Waals surface area contributed by atoms with Gasteiger partial charge in [-0.1, -0.05) is 18.5 Å². The lowest BCUT2D eigenvalue weighted by molar-refractivity contribution is -0.133. The Labute approximate surface area is 154 Å². The van der Waals surface area contributed by atoms with Gasteiger partial charge < -0.3 is 9.64 Å². The van der Waals surface area contributed by atoms with Crippen LogP contribution in [0, 0.1) is 5.92 Å². The lowest BCUT2D eigenvalue weighted by Gasteiger charge is -2.36. The molecule has 2 rings (SSSR count). The summed E-state index contributed by atoms with van der Waals surface area (Å²) in [6.45, 7) is 5.03. The monoisotopic (exact) mass is 388 g/mol. The van der Waals surface area contributed by atoms with Gasteiger partial charge in [0.1, 0.15) is 11.8 Å². The highest BCUT2D eigenvalue weighted by Crippen LogP contribution is 2.31. The van der Waals surface area contributed by atoms with Crippen molar-refractivity contribution < 1.29 is 17.9 Å². The largest absolute Gasteiger partial charge is 0.495 e. The number of amides is 1. The van der Waals surface area contributed by atoms with Crippen molar-refractivity contribution in [2.75, 3.05) is 30.8 Å². The molecule has 8 heteroatoms. The Morgan fingerprint density at radius 2 is 2.12 bits per heavy atom. The van der Waals surface area contributed by atoms with Crippen LogP contribution in [0.25, 0.3) is 0 Å². The number of carbonyl (C=O) groups excluding carboxylic acids is 1. The van der Waals surface area contributed by atoms with Crippen LogP contribution < -0.4 is 9.04 Å². The topological polar surface area (TPSA) is 66.9 Å². The number of hydrogen-bond acceptors (Lipinski definition) is 4. The number of hydrogen-bond donors (Lipinski definition) is 0. The summed E-state index contributed by atoms with van der Waals surface area (Å²) in [5, 5.41) is 0.292. The predicted octanol–water partition coefficient (Wildman–Crippen LogP) is 2.76. The van der Waals surface area contributed by atoms with Crippen LogP contribution in [0.3, 0.4) is 0 Å². The van der Waals surface area contributed by atoms with Crippen molar-refractivity contribution in [1.82, 2.24) is 4.90 Å². The van der Waals surface area contributed by atoms with Crippen molar-refractivity contribution in [3.63, 3.8) is 0 Å². The number of nitrogens with zero attached hydrogens (tertiary/aromatic N) is 2. The van der Waals surface area contributed by atoms with Crippen molar-refractivity contribution in [2.45, 2.75) is 32.7 Å². The fourth-order valence-corrected chi connectivity index (χ4v) is 4.66. The SMILES string of the molecule is COc1ccc(N(C(C)C(=O)N2CCCC(C)C2)S(C)(=O)=O)cc1Cl. The van der Waals surface area contributed by atoms with E-state index in [0.29, 0.717) is 35.5 Å². The van der Waals surface area contributed by atoms with E-state index < -0.39 is 16.1 Å². The van der Waals surface area contributed by atoms with E-state index in [0.717, 1.165) is 23.4 Å². The van der Waals surface area contributed by atoms with Crippen molar-refractivity contribution in [2.24, 2.45) is 5.92 Å². The molecule has 1 saturated heterocycles. The molecule has 2 atom stereocenters. The van der Waals surface area contributed by atoms with E-state index in [4.69, 9.17) is 16.3 Å². The number of methoxy groups -OCH3 is 1. The minimum atomic E-state index is -3.66. The Balaban J connectivity index is 2.34. The van der Waals surface area contributed by atoms with Gasteiger partial charge >= 0.3 is 0 Å². The van der Waals surface area contributed by atoms with Crippen molar-refractivity contribution in [1.29, 1.82) is 0 Å². The highest BCUT2D eigenvalue weighted by atomic mass is 35.5. The Bertz CT molecular complexity index is 738. The van der Waals surface area contributed by atoms with Crippen LogP contribution in [0.4, 0.5) is 5.69 Å². The van der Waals surface area contributed by atoms with E-state index in [9.17, 15) is 13.2 Å². The third-order valence-electron chi connectivity index (χ3n) is 4.42. The van der Waals surface area contributed by atoms with Gasteiger partial charge in [0, 0.05) is 13.1 Å². The minimum absolute atomic E-state index is 0.191. The molecular formula is C17H25ClN2O4S. The average Bonchev–Trinajstić information content (AvgIpc) is 2.53. The van der Waals surface area contributed by atoms with E-state index in [1.54, 1.807) is 24.0 Å². The van der Waals surface area contributed by atoms with Crippen molar-refractivity contribution in [3.05, 3.63) is 23.2 Å². The first-order valence-corrected chi connectivity index (χ1v) is 10.5. The van der Waals surface area contributed by atoms with Crippen LogP contribution in [-0.4, -0.2) is 51.7 Å². The molecule has 6 nitrogen and oxygen atoms in total. The molecule has 0 bridgehead atoms. The molecule has 1 aliphatic heterocycles. The molecule has 0 saturated carbocycles. The summed E-state index contributed by atoms with van der Waals surface area (Å²) in [6, 6.07) is 3.85.